The molecule has 0 saturated carbocycles. The third-order valence-electron chi connectivity index (χ3n) is 5.17. The van der Waals surface area contributed by atoms with Crippen LogP contribution >= 0.6 is 0 Å². The van der Waals surface area contributed by atoms with Gasteiger partial charge in [0.25, 0.3) is 0 Å². The van der Waals surface area contributed by atoms with Crippen LogP contribution in [0.15, 0.2) is 48.7 Å². The lowest BCUT2D eigenvalue weighted by molar-refractivity contribution is -0.137. The van der Waals surface area contributed by atoms with Gasteiger partial charge in [0.05, 0.1) is 18.4 Å². The number of phenolic OH excluding ortho intramolecular Hbond substituents is 1. The molecular weight excluding hydrogens is 395 g/mol. The second-order valence-electron chi connectivity index (χ2n) is 7.20. The molecule has 2 aromatic carbocycles. The molecule has 0 atom stereocenters. The molecule has 3 aromatic rings. The zero-order valence-corrected chi connectivity index (χ0v) is 16.3. The molecule has 2 heterocycles. The maximum Gasteiger partial charge on any atom is 0.416 e. The Kier molecular flexibility index (Phi) is 5.34. The van der Waals surface area contributed by atoms with E-state index in [4.69, 9.17) is 4.74 Å². The Morgan fingerprint density at radius 3 is 2.57 bits per heavy atom. The van der Waals surface area contributed by atoms with Crippen LogP contribution < -0.4 is 4.74 Å². The van der Waals surface area contributed by atoms with Gasteiger partial charge in [-0.25, -0.2) is 9.97 Å². The Morgan fingerprint density at radius 1 is 1.13 bits per heavy atom. The average molecular weight is 415 g/mol. The molecule has 0 aliphatic carbocycles. The normalized spacial score (nSPS) is 14.4. The molecule has 0 fully saturated rings. The van der Waals surface area contributed by atoms with Crippen LogP contribution in [0.2, 0.25) is 0 Å². The first kappa shape index (κ1) is 20.2. The SMILES string of the molecule is COc1ccc(CN2CCc3nc(-c4ccc(C(F)(F)F)cc4)ncc3C2)c(O)c1. The fraction of sp³-hybridized carbons (Fsp3) is 0.273. The van der Waals surface area contributed by atoms with E-state index in [-0.39, 0.29) is 5.75 Å². The summed E-state index contributed by atoms with van der Waals surface area (Å²) in [4.78, 5) is 11.1. The predicted molar refractivity (Wildman–Crippen MR) is 105 cm³/mol. The van der Waals surface area contributed by atoms with Crippen LogP contribution in [-0.2, 0) is 25.7 Å². The lowest BCUT2D eigenvalue weighted by atomic mass is 10.0. The van der Waals surface area contributed by atoms with Gasteiger partial charge in [0.15, 0.2) is 5.82 Å². The first-order chi connectivity index (χ1) is 14.3. The topological polar surface area (TPSA) is 58.5 Å². The minimum Gasteiger partial charge on any atom is -0.507 e. The number of aromatic nitrogens is 2. The number of hydrogen-bond donors (Lipinski definition) is 1. The molecule has 1 aliphatic heterocycles. The molecular formula is C22H20F3N3O2. The zero-order chi connectivity index (χ0) is 21.3. The molecule has 0 saturated heterocycles. The summed E-state index contributed by atoms with van der Waals surface area (Å²) in [5.74, 6) is 1.21. The van der Waals surface area contributed by atoms with Crippen molar-refractivity contribution in [3.05, 3.63) is 71.0 Å². The number of hydrogen-bond acceptors (Lipinski definition) is 5. The van der Waals surface area contributed by atoms with Gasteiger partial charge in [0.2, 0.25) is 0 Å². The third-order valence-corrected chi connectivity index (χ3v) is 5.17. The van der Waals surface area contributed by atoms with Crippen LogP contribution in [0, 0.1) is 0 Å². The number of benzene rings is 2. The first-order valence-electron chi connectivity index (χ1n) is 9.44. The summed E-state index contributed by atoms with van der Waals surface area (Å²) in [6.45, 7) is 1.96. The van der Waals surface area contributed by atoms with Gasteiger partial charge < -0.3 is 9.84 Å². The maximum absolute atomic E-state index is 12.7. The van der Waals surface area contributed by atoms with Gasteiger partial charge in [0, 0.05) is 55.0 Å². The van der Waals surface area contributed by atoms with Gasteiger partial charge in [-0.3, -0.25) is 4.90 Å². The number of methoxy groups -OCH3 is 1. The highest BCUT2D eigenvalue weighted by atomic mass is 19.4. The summed E-state index contributed by atoms with van der Waals surface area (Å²) >= 11 is 0. The van der Waals surface area contributed by atoms with Crippen molar-refractivity contribution in [2.45, 2.75) is 25.7 Å². The number of rotatable bonds is 4. The number of fused-ring (bicyclic) bond motifs is 1. The second kappa shape index (κ2) is 7.95. The molecule has 0 amide bonds. The fourth-order valence-corrected chi connectivity index (χ4v) is 3.50. The molecule has 1 aliphatic rings. The third kappa shape index (κ3) is 4.23. The van der Waals surface area contributed by atoms with Crippen LogP contribution in [0.1, 0.15) is 22.4 Å². The Bertz CT molecular complexity index is 1050. The summed E-state index contributed by atoms with van der Waals surface area (Å²) in [7, 11) is 1.55. The van der Waals surface area contributed by atoms with Crippen LogP contribution in [0.25, 0.3) is 11.4 Å². The fourth-order valence-electron chi connectivity index (χ4n) is 3.50. The Labute approximate surface area is 171 Å². The molecule has 1 aromatic heterocycles. The summed E-state index contributed by atoms with van der Waals surface area (Å²) < 4.78 is 43.3. The summed E-state index contributed by atoms with van der Waals surface area (Å²) in [5, 5.41) is 10.2. The highest BCUT2D eigenvalue weighted by Gasteiger charge is 2.30. The van der Waals surface area contributed by atoms with Crippen LogP contribution in [0.5, 0.6) is 11.5 Å². The van der Waals surface area contributed by atoms with Gasteiger partial charge in [-0.15, -0.1) is 0 Å². The molecule has 8 heteroatoms. The molecule has 0 bridgehead atoms. The van der Waals surface area contributed by atoms with Gasteiger partial charge in [-0.05, 0) is 18.2 Å². The highest BCUT2D eigenvalue weighted by Crippen LogP contribution is 2.31. The number of aromatic hydroxyl groups is 1. The Morgan fingerprint density at radius 2 is 1.90 bits per heavy atom. The summed E-state index contributed by atoms with van der Waals surface area (Å²) in [5.41, 5.74) is 2.54. The maximum atomic E-state index is 12.7. The van der Waals surface area contributed by atoms with E-state index in [2.05, 4.69) is 14.9 Å². The Balaban J connectivity index is 1.48. The van der Waals surface area contributed by atoms with Gasteiger partial charge in [0.1, 0.15) is 11.5 Å². The van der Waals surface area contributed by atoms with Crippen molar-refractivity contribution in [2.24, 2.45) is 0 Å². The number of ether oxygens (including phenoxy) is 1. The van der Waals surface area contributed by atoms with E-state index in [1.807, 2.05) is 12.1 Å². The van der Waals surface area contributed by atoms with Gasteiger partial charge >= 0.3 is 6.18 Å². The molecule has 1 N–H and O–H groups in total. The lowest BCUT2D eigenvalue weighted by Crippen LogP contribution is -2.31. The zero-order valence-electron chi connectivity index (χ0n) is 16.3. The number of phenols is 1. The van der Waals surface area contributed by atoms with E-state index in [9.17, 15) is 18.3 Å². The van der Waals surface area contributed by atoms with E-state index >= 15 is 0 Å². The monoisotopic (exact) mass is 415 g/mol. The predicted octanol–water partition coefficient (Wildman–Crippen LogP) is 4.43. The molecule has 4 rings (SSSR count). The van der Waals surface area contributed by atoms with Crippen LogP contribution in [-0.4, -0.2) is 33.6 Å². The molecule has 156 valence electrons. The van der Waals surface area contributed by atoms with Gasteiger partial charge in [-0.1, -0.05) is 18.2 Å². The van der Waals surface area contributed by atoms with E-state index in [1.165, 1.54) is 12.1 Å². The van der Waals surface area contributed by atoms with E-state index in [0.717, 1.165) is 35.5 Å². The number of nitrogens with zero attached hydrogens (tertiary/aromatic N) is 3. The van der Waals surface area contributed by atoms with Crippen molar-refractivity contribution >= 4 is 0 Å². The van der Waals surface area contributed by atoms with Crippen molar-refractivity contribution in [1.29, 1.82) is 0 Å². The molecule has 0 spiro atoms. The van der Waals surface area contributed by atoms with E-state index < -0.39 is 11.7 Å². The number of halogens is 3. The van der Waals surface area contributed by atoms with Crippen molar-refractivity contribution in [3.63, 3.8) is 0 Å². The van der Waals surface area contributed by atoms with E-state index in [0.29, 0.717) is 36.6 Å². The second-order valence-corrected chi connectivity index (χ2v) is 7.20. The highest BCUT2D eigenvalue weighted by molar-refractivity contribution is 5.56. The Hall–Kier alpha value is -3.13. The van der Waals surface area contributed by atoms with E-state index in [1.54, 1.807) is 19.4 Å². The van der Waals surface area contributed by atoms with Crippen LogP contribution in [0.4, 0.5) is 13.2 Å². The van der Waals surface area contributed by atoms with Crippen molar-refractivity contribution in [2.75, 3.05) is 13.7 Å². The number of alkyl halides is 3. The first-order valence-corrected chi connectivity index (χ1v) is 9.44. The molecule has 30 heavy (non-hydrogen) atoms. The smallest absolute Gasteiger partial charge is 0.416 e. The summed E-state index contributed by atoms with van der Waals surface area (Å²) in [6.07, 6.45) is -1.94. The largest absolute Gasteiger partial charge is 0.507 e. The van der Waals surface area contributed by atoms with Crippen molar-refractivity contribution < 1.29 is 23.0 Å². The lowest BCUT2D eigenvalue weighted by Gasteiger charge is -2.28. The van der Waals surface area contributed by atoms with Crippen molar-refractivity contribution in [1.82, 2.24) is 14.9 Å². The van der Waals surface area contributed by atoms with Crippen molar-refractivity contribution in [3.8, 4) is 22.9 Å². The minimum atomic E-state index is -4.36. The molecule has 5 nitrogen and oxygen atoms in total. The van der Waals surface area contributed by atoms with Crippen LogP contribution in [0.3, 0.4) is 0 Å². The molecule has 0 radical (unpaired) electrons. The standard InChI is InChI=1S/C22H20F3N3O2/c1-30-18-7-4-15(20(29)10-18)12-28-9-8-19-16(13-28)11-26-21(27-19)14-2-5-17(6-3-14)22(23,24)25/h2-7,10-11,29H,8-9,12-13H2,1H3. The molecule has 0 unspecified atom stereocenters. The minimum absolute atomic E-state index is 0.189. The average Bonchev–Trinajstić information content (AvgIpc) is 2.74. The van der Waals surface area contributed by atoms with Gasteiger partial charge in [-0.2, -0.15) is 13.2 Å². The quantitative estimate of drug-likeness (QED) is 0.683. The summed E-state index contributed by atoms with van der Waals surface area (Å²) in [6, 6.07) is 10.1.